The lowest BCUT2D eigenvalue weighted by Gasteiger charge is -2.31. The number of piperidine rings is 1. The number of hydrogen-bond acceptors (Lipinski definition) is 3. The summed E-state index contributed by atoms with van der Waals surface area (Å²) in [5.41, 5.74) is -0.0783. The van der Waals surface area contributed by atoms with Crippen molar-refractivity contribution in [1.82, 2.24) is 4.90 Å². The van der Waals surface area contributed by atoms with Gasteiger partial charge in [-0.05, 0) is 12.8 Å². The summed E-state index contributed by atoms with van der Waals surface area (Å²) in [5, 5.41) is 17.0. The molecule has 1 saturated heterocycles. The van der Waals surface area contributed by atoms with E-state index in [1.165, 1.54) is 6.20 Å². The predicted octanol–water partition coefficient (Wildman–Crippen LogP) is 2.19. The summed E-state index contributed by atoms with van der Waals surface area (Å²) in [6, 6.07) is 3.35. The predicted molar refractivity (Wildman–Crippen MR) is 49.7 cm³/mol. The second-order valence-corrected chi connectivity index (χ2v) is 3.62. The summed E-state index contributed by atoms with van der Waals surface area (Å²) in [4.78, 5) is 1.59. The Hall–Kier alpha value is -1.69. The van der Waals surface area contributed by atoms with Gasteiger partial charge < -0.3 is 4.90 Å². The molecule has 0 atom stereocenters. The summed E-state index contributed by atoms with van der Waals surface area (Å²) in [7, 11) is 0. The van der Waals surface area contributed by atoms with Crippen molar-refractivity contribution in [3.8, 4) is 12.1 Å². The van der Waals surface area contributed by atoms with Gasteiger partial charge >= 0.3 is 6.18 Å². The van der Waals surface area contributed by atoms with Crippen LogP contribution in [0, 0.1) is 28.6 Å². The van der Waals surface area contributed by atoms with Crippen molar-refractivity contribution in [1.29, 1.82) is 10.5 Å². The number of alkyl halides is 3. The van der Waals surface area contributed by atoms with E-state index in [1.807, 2.05) is 0 Å². The maximum atomic E-state index is 12.3. The Balaban J connectivity index is 2.54. The molecule has 0 saturated carbocycles. The summed E-state index contributed by atoms with van der Waals surface area (Å²) in [6.45, 7) is 0.466. The second kappa shape index (κ2) is 4.89. The standard InChI is InChI=1S/C10H10F3N3/c11-10(12,13)9-1-3-16(4-2-9)7-8(5-14)6-15/h7,9H,1-4H2. The van der Waals surface area contributed by atoms with Gasteiger partial charge in [-0.3, -0.25) is 0 Å². The lowest BCUT2D eigenvalue weighted by molar-refractivity contribution is -0.183. The van der Waals surface area contributed by atoms with E-state index in [4.69, 9.17) is 10.5 Å². The third-order valence-corrected chi connectivity index (χ3v) is 2.55. The molecular formula is C10H10F3N3. The van der Waals surface area contributed by atoms with Gasteiger partial charge in [0.05, 0.1) is 5.92 Å². The van der Waals surface area contributed by atoms with Crippen molar-refractivity contribution in [3.05, 3.63) is 11.8 Å². The van der Waals surface area contributed by atoms with Crippen molar-refractivity contribution in [3.63, 3.8) is 0 Å². The molecule has 0 radical (unpaired) electrons. The first kappa shape index (κ1) is 12.4. The fraction of sp³-hybridized carbons (Fsp3) is 0.600. The molecule has 0 aliphatic carbocycles. The highest BCUT2D eigenvalue weighted by Gasteiger charge is 2.40. The van der Waals surface area contributed by atoms with Gasteiger partial charge in [-0.15, -0.1) is 0 Å². The van der Waals surface area contributed by atoms with E-state index in [0.717, 1.165) is 0 Å². The van der Waals surface area contributed by atoms with Crippen LogP contribution in [0.15, 0.2) is 11.8 Å². The van der Waals surface area contributed by atoms with Crippen LogP contribution in [0.25, 0.3) is 0 Å². The van der Waals surface area contributed by atoms with Crippen LogP contribution in [0.5, 0.6) is 0 Å². The SMILES string of the molecule is N#CC(C#N)=CN1CCC(C(F)(F)F)CC1. The minimum atomic E-state index is -4.14. The molecule has 0 aromatic rings. The highest BCUT2D eigenvalue weighted by Crippen LogP contribution is 2.34. The highest BCUT2D eigenvalue weighted by molar-refractivity contribution is 5.34. The third-order valence-electron chi connectivity index (χ3n) is 2.55. The normalized spacial score (nSPS) is 17.4. The lowest BCUT2D eigenvalue weighted by Crippen LogP contribution is -2.36. The van der Waals surface area contributed by atoms with E-state index in [-0.39, 0.29) is 31.5 Å². The Labute approximate surface area is 91.4 Å². The minimum Gasteiger partial charge on any atom is -0.376 e. The van der Waals surface area contributed by atoms with E-state index >= 15 is 0 Å². The molecule has 0 aromatic heterocycles. The number of nitriles is 2. The highest BCUT2D eigenvalue weighted by atomic mass is 19.4. The molecule has 6 heteroatoms. The van der Waals surface area contributed by atoms with Crippen LogP contribution in [0.2, 0.25) is 0 Å². The molecule has 1 fully saturated rings. The molecular weight excluding hydrogens is 219 g/mol. The quantitative estimate of drug-likeness (QED) is 0.647. The zero-order valence-electron chi connectivity index (χ0n) is 8.46. The van der Waals surface area contributed by atoms with Crippen molar-refractivity contribution in [2.45, 2.75) is 19.0 Å². The van der Waals surface area contributed by atoms with Gasteiger partial charge in [-0.2, -0.15) is 23.7 Å². The van der Waals surface area contributed by atoms with E-state index in [9.17, 15) is 13.2 Å². The fourth-order valence-corrected chi connectivity index (χ4v) is 1.62. The summed E-state index contributed by atoms with van der Waals surface area (Å²) in [5.74, 6) is -1.26. The zero-order chi connectivity index (χ0) is 12.2. The Bertz CT molecular complexity index is 335. The lowest BCUT2D eigenvalue weighted by atomic mass is 9.96. The molecule has 1 rings (SSSR count). The molecule has 1 aliphatic heterocycles. The van der Waals surface area contributed by atoms with Gasteiger partial charge in [0, 0.05) is 19.3 Å². The van der Waals surface area contributed by atoms with E-state index in [2.05, 4.69) is 0 Å². The van der Waals surface area contributed by atoms with Crippen LogP contribution in [0.3, 0.4) is 0 Å². The fourth-order valence-electron chi connectivity index (χ4n) is 1.62. The van der Waals surface area contributed by atoms with Crippen molar-refractivity contribution in [2.24, 2.45) is 5.92 Å². The number of rotatable bonds is 1. The first-order valence-corrected chi connectivity index (χ1v) is 4.80. The molecule has 0 spiro atoms. The topological polar surface area (TPSA) is 50.8 Å². The molecule has 0 N–H and O–H groups in total. The summed E-state index contributed by atoms with van der Waals surface area (Å²) < 4.78 is 37.0. The minimum absolute atomic E-state index is 0.0180. The first-order valence-electron chi connectivity index (χ1n) is 4.80. The van der Waals surface area contributed by atoms with Gasteiger partial charge in [-0.25, -0.2) is 0 Å². The van der Waals surface area contributed by atoms with Gasteiger partial charge in [0.15, 0.2) is 0 Å². The third kappa shape index (κ3) is 3.16. The van der Waals surface area contributed by atoms with E-state index in [0.29, 0.717) is 0 Å². The molecule has 0 bridgehead atoms. The van der Waals surface area contributed by atoms with Crippen LogP contribution in [-0.4, -0.2) is 24.2 Å². The maximum Gasteiger partial charge on any atom is 0.391 e. The zero-order valence-corrected chi connectivity index (χ0v) is 8.46. The Morgan fingerprint density at radius 1 is 1.19 bits per heavy atom. The summed E-state index contributed by atoms with van der Waals surface area (Å²) in [6.07, 6.45) is -2.77. The Morgan fingerprint density at radius 3 is 2.06 bits per heavy atom. The second-order valence-electron chi connectivity index (χ2n) is 3.62. The number of likely N-dealkylation sites (tertiary alicyclic amines) is 1. The maximum absolute atomic E-state index is 12.3. The Kier molecular flexibility index (Phi) is 3.78. The number of allylic oxidation sites excluding steroid dienone is 1. The van der Waals surface area contributed by atoms with Crippen LogP contribution in [-0.2, 0) is 0 Å². The smallest absolute Gasteiger partial charge is 0.376 e. The van der Waals surface area contributed by atoms with Crippen molar-refractivity contribution < 1.29 is 13.2 Å². The molecule has 3 nitrogen and oxygen atoms in total. The van der Waals surface area contributed by atoms with Gasteiger partial charge in [0.1, 0.15) is 17.7 Å². The van der Waals surface area contributed by atoms with Gasteiger partial charge in [-0.1, -0.05) is 0 Å². The largest absolute Gasteiger partial charge is 0.391 e. The number of nitrogens with zero attached hydrogens (tertiary/aromatic N) is 3. The van der Waals surface area contributed by atoms with Crippen LogP contribution in [0.1, 0.15) is 12.8 Å². The van der Waals surface area contributed by atoms with Crippen molar-refractivity contribution >= 4 is 0 Å². The van der Waals surface area contributed by atoms with Crippen LogP contribution < -0.4 is 0 Å². The Morgan fingerprint density at radius 2 is 1.69 bits per heavy atom. The molecule has 0 unspecified atom stereocenters. The summed E-state index contributed by atoms with van der Waals surface area (Å²) >= 11 is 0. The van der Waals surface area contributed by atoms with Gasteiger partial charge in [0.2, 0.25) is 0 Å². The van der Waals surface area contributed by atoms with Crippen LogP contribution >= 0.6 is 0 Å². The molecule has 0 aromatic carbocycles. The molecule has 0 amide bonds. The molecule has 16 heavy (non-hydrogen) atoms. The van der Waals surface area contributed by atoms with Crippen molar-refractivity contribution in [2.75, 3.05) is 13.1 Å². The molecule has 1 aliphatic rings. The van der Waals surface area contributed by atoms with Crippen LogP contribution in [0.4, 0.5) is 13.2 Å². The number of halogens is 3. The molecule has 86 valence electrons. The van der Waals surface area contributed by atoms with E-state index in [1.54, 1.807) is 17.0 Å². The first-order chi connectivity index (χ1) is 7.47. The van der Waals surface area contributed by atoms with E-state index < -0.39 is 12.1 Å². The molecule has 1 heterocycles. The average molecular weight is 229 g/mol. The number of hydrogen-bond donors (Lipinski definition) is 0. The van der Waals surface area contributed by atoms with Gasteiger partial charge in [0.25, 0.3) is 0 Å². The monoisotopic (exact) mass is 229 g/mol. The average Bonchev–Trinajstić information content (AvgIpc) is 2.25.